The lowest BCUT2D eigenvalue weighted by Crippen LogP contribution is -2.56. The van der Waals surface area contributed by atoms with Gasteiger partial charge in [-0.2, -0.15) is 0 Å². The summed E-state index contributed by atoms with van der Waals surface area (Å²) in [6, 6.07) is 5.89. The van der Waals surface area contributed by atoms with Gasteiger partial charge >= 0.3 is 0 Å². The van der Waals surface area contributed by atoms with E-state index in [2.05, 4.69) is 23.3 Å². The summed E-state index contributed by atoms with van der Waals surface area (Å²) in [5, 5.41) is 5.11. The van der Waals surface area contributed by atoms with Crippen LogP contribution in [-0.4, -0.2) is 25.2 Å². The Hall–Kier alpha value is -0.440. The summed E-state index contributed by atoms with van der Waals surface area (Å²) >= 11 is 12.8. The number of nitrogens with one attached hydrogen (secondary N) is 1. The molecule has 2 heterocycles. The highest BCUT2D eigenvalue weighted by Crippen LogP contribution is 2.42. The number of piperidine rings is 2. The molecule has 0 aliphatic carbocycles. The molecule has 2 saturated heterocycles. The van der Waals surface area contributed by atoms with Crippen molar-refractivity contribution in [1.82, 2.24) is 5.32 Å². The lowest BCUT2D eigenvalue weighted by molar-refractivity contribution is 0.252. The van der Waals surface area contributed by atoms with Crippen molar-refractivity contribution in [1.29, 1.82) is 0 Å². The van der Waals surface area contributed by atoms with Crippen molar-refractivity contribution in [2.75, 3.05) is 11.9 Å². The Morgan fingerprint density at radius 2 is 1.75 bits per heavy atom. The normalized spacial score (nSPS) is 29.6. The number of halogens is 2. The molecule has 2 unspecified atom stereocenters. The maximum absolute atomic E-state index is 6.50. The predicted octanol–water partition coefficient (Wildman–Crippen LogP) is 4.41. The molecule has 2 aliphatic rings. The highest BCUT2D eigenvalue weighted by molar-refractivity contribution is 6.35. The Balaban J connectivity index is 1.95. The van der Waals surface area contributed by atoms with Crippen LogP contribution in [-0.2, 0) is 0 Å². The molecule has 1 N–H and O–H groups in total. The van der Waals surface area contributed by atoms with Crippen LogP contribution in [0.25, 0.3) is 0 Å². The lowest BCUT2D eigenvalue weighted by Gasteiger charge is -2.50. The molecule has 2 atom stereocenters. The Kier molecular flexibility index (Phi) is 4.16. The van der Waals surface area contributed by atoms with E-state index >= 15 is 0 Å². The molecule has 2 nitrogen and oxygen atoms in total. The number of benzene rings is 1. The fraction of sp³-hybridized carbons (Fsp3) is 0.625. The van der Waals surface area contributed by atoms with E-state index in [0.717, 1.165) is 21.3 Å². The van der Waals surface area contributed by atoms with Gasteiger partial charge in [0.05, 0.1) is 10.7 Å². The van der Waals surface area contributed by atoms with Gasteiger partial charge in [0.25, 0.3) is 0 Å². The summed E-state index contributed by atoms with van der Waals surface area (Å²) < 4.78 is 0. The van der Waals surface area contributed by atoms with Crippen molar-refractivity contribution < 1.29 is 0 Å². The maximum Gasteiger partial charge on any atom is 0.0643 e. The average Bonchev–Trinajstić information content (AvgIpc) is 2.41. The first kappa shape index (κ1) is 14.5. The van der Waals surface area contributed by atoms with Crippen LogP contribution in [0.4, 0.5) is 5.69 Å². The second-order valence-corrected chi connectivity index (χ2v) is 6.97. The van der Waals surface area contributed by atoms with E-state index in [9.17, 15) is 0 Å². The van der Waals surface area contributed by atoms with E-state index in [1.807, 2.05) is 13.0 Å². The van der Waals surface area contributed by atoms with Crippen LogP contribution in [0.2, 0.25) is 10.0 Å². The summed E-state index contributed by atoms with van der Waals surface area (Å²) in [6.45, 7) is 2.01. The molecule has 0 spiro atoms. The van der Waals surface area contributed by atoms with Gasteiger partial charge < -0.3 is 10.2 Å². The molecule has 4 heteroatoms. The zero-order valence-electron chi connectivity index (χ0n) is 12.1. The molecule has 2 aliphatic heterocycles. The van der Waals surface area contributed by atoms with Crippen molar-refractivity contribution in [3.8, 4) is 0 Å². The minimum absolute atomic E-state index is 0.594. The fourth-order valence-corrected chi connectivity index (χ4v) is 4.32. The quantitative estimate of drug-likeness (QED) is 0.870. The fourth-order valence-electron chi connectivity index (χ4n) is 3.84. The van der Waals surface area contributed by atoms with E-state index in [1.54, 1.807) is 0 Å². The Bertz CT molecular complexity index is 489. The largest absolute Gasteiger partial charge is 0.364 e. The SMILES string of the molecule is CNC1CC2CCCC(C1)N2c1cc(Cl)c(C)cc1Cl. The van der Waals surface area contributed by atoms with Crippen LogP contribution in [0.3, 0.4) is 0 Å². The standard InChI is InChI=1S/C16H22Cl2N2/c1-10-6-15(18)16(9-14(10)17)20-12-4-3-5-13(20)8-11(7-12)19-2/h6,9,11-13,19H,3-5,7-8H2,1-2H3. The molecule has 0 amide bonds. The van der Waals surface area contributed by atoms with E-state index in [4.69, 9.17) is 23.2 Å². The van der Waals surface area contributed by atoms with Crippen molar-refractivity contribution in [3.05, 3.63) is 27.7 Å². The van der Waals surface area contributed by atoms with Gasteiger partial charge in [0.2, 0.25) is 0 Å². The molecule has 0 saturated carbocycles. The Morgan fingerprint density at radius 3 is 2.35 bits per heavy atom. The number of anilines is 1. The number of nitrogens with zero attached hydrogens (tertiary/aromatic N) is 1. The summed E-state index contributed by atoms with van der Waals surface area (Å²) in [5.41, 5.74) is 2.18. The first-order chi connectivity index (χ1) is 9.60. The van der Waals surface area contributed by atoms with Gasteiger partial charge in [0.1, 0.15) is 0 Å². The van der Waals surface area contributed by atoms with Gasteiger partial charge in [0.15, 0.2) is 0 Å². The molecule has 110 valence electrons. The molecule has 0 aromatic heterocycles. The minimum Gasteiger partial charge on any atom is -0.364 e. The smallest absolute Gasteiger partial charge is 0.0643 e. The van der Waals surface area contributed by atoms with Crippen LogP contribution >= 0.6 is 23.2 Å². The number of hydrogen-bond donors (Lipinski definition) is 1. The first-order valence-corrected chi connectivity index (χ1v) is 8.27. The zero-order chi connectivity index (χ0) is 14.3. The number of hydrogen-bond acceptors (Lipinski definition) is 2. The molecule has 20 heavy (non-hydrogen) atoms. The molecule has 1 aromatic rings. The van der Waals surface area contributed by atoms with Gasteiger partial charge in [-0.15, -0.1) is 0 Å². The van der Waals surface area contributed by atoms with Crippen LogP contribution < -0.4 is 10.2 Å². The Morgan fingerprint density at radius 1 is 1.10 bits per heavy atom. The average molecular weight is 313 g/mol. The summed E-state index contributed by atoms with van der Waals surface area (Å²) in [7, 11) is 2.08. The van der Waals surface area contributed by atoms with Gasteiger partial charge in [-0.05, 0) is 63.8 Å². The van der Waals surface area contributed by atoms with E-state index < -0.39 is 0 Å². The van der Waals surface area contributed by atoms with Crippen LogP contribution in [0.5, 0.6) is 0 Å². The molecular weight excluding hydrogens is 291 g/mol. The van der Waals surface area contributed by atoms with Crippen molar-refractivity contribution >= 4 is 28.9 Å². The third-order valence-corrected chi connectivity index (χ3v) is 5.60. The number of rotatable bonds is 2. The second-order valence-electron chi connectivity index (χ2n) is 6.16. The van der Waals surface area contributed by atoms with Gasteiger partial charge in [-0.1, -0.05) is 23.2 Å². The van der Waals surface area contributed by atoms with E-state index in [-0.39, 0.29) is 0 Å². The first-order valence-electron chi connectivity index (χ1n) is 7.51. The van der Waals surface area contributed by atoms with Crippen LogP contribution in [0, 0.1) is 6.92 Å². The van der Waals surface area contributed by atoms with E-state index in [0.29, 0.717) is 18.1 Å². The van der Waals surface area contributed by atoms with Crippen molar-refractivity contribution in [3.63, 3.8) is 0 Å². The molecule has 0 radical (unpaired) electrons. The predicted molar refractivity (Wildman–Crippen MR) is 87.2 cm³/mol. The van der Waals surface area contributed by atoms with Gasteiger partial charge in [-0.25, -0.2) is 0 Å². The summed E-state index contributed by atoms with van der Waals surface area (Å²) in [4.78, 5) is 2.55. The van der Waals surface area contributed by atoms with E-state index in [1.165, 1.54) is 32.1 Å². The monoisotopic (exact) mass is 312 g/mol. The number of aryl methyl sites for hydroxylation is 1. The van der Waals surface area contributed by atoms with Crippen LogP contribution in [0.15, 0.2) is 12.1 Å². The molecule has 3 rings (SSSR count). The maximum atomic E-state index is 6.50. The zero-order valence-corrected chi connectivity index (χ0v) is 13.6. The lowest BCUT2D eigenvalue weighted by atomic mass is 9.81. The molecule has 2 bridgehead atoms. The summed E-state index contributed by atoms with van der Waals surface area (Å²) in [5.74, 6) is 0. The highest BCUT2D eigenvalue weighted by Gasteiger charge is 2.38. The second kappa shape index (κ2) is 5.75. The third kappa shape index (κ3) is 2.54. The van der Waals surface area contributed by atoms with Crippen molar-refractivity contribution in [2.45, 2.75) is 57.2 Å². The highest BCUT2D eigenvalue weighted by atomic mass is 35.5. The molecular formula is C16H22Cl2N2. The number of fused-ring (bicyclic) bond motifs is 2. The molecule has 1 aromatic carbocycles. The van der Waals surface area contributed by atoms with Gasteiger partial charge in [0, 0.05) is 23.1 Å². The van der Waals surface area contributed by atoms with Crippen LogP contribution in [0.1, 0.15) is 37.7 Å². The molecule has 2 fully saturated rings. The third-order valence-electron chi connectivity index (χ3n) is 4.89. The Labute approximate surface area is 131 Å². The van der Waals surface area contributed by atoms with Crippen molar-refractivity contribution in [2.24, 2.45) is 0 Å². The topological polar surface area (TPSA) is 15.3 Å². The van der Waals surface area contributed by atoms with Gasteiger partial charge in [-0.3, -0.25) is 0 Å². The minimum atomic E-state index is 0.594. The summed E-state index contributed by atoms with van der Waals surface area (Å²) in [6.07, 6.45) is 6.26.